The molecule has 0 fully saturated rings. The van der Waals surface area contributed by atoms with Crippen LogP contribution >= 0.6 is 0 Å². The van der Waals surface area contributed by atoms with Crippen molar-refractivity contribution in [3.05, 3.63) is 84.7 Å². The molecule has 1 amide bonds. The third kappa shape index (κ3) is 6.26. The molecule has 0 radical (unpaired) electrons. The molecule has 0 aliphatic rings. The third-order valence-corrected chi connectivity index (χ3v) is 7.62. The zero-order valence-electron chi connectivity index (χ0n) is 22.9. The van der Waals surface area contributed by atoms with Crippen LogP contribution in [0, 0.1) is 0 Å². The van der Waals surface area contributed by atoms with Crippen LogP contribution in [0.5, 0.6) is 11.5 Å². The number of amides is 1. The lowest BCUT2D eigenvalue weighted by atomic mass is 9.93. The number of hydrogen-bond acceptors (Lipinski definition) is 8. The Hall–Kier alpha value is -4.38. The lowest BCUT2D eigenvalue weighted by Crippen LogP contribution is -2.55. The van der Waals surface area contributed by atoms with Crippen LogP contribution in [-0.2, 0) is 30.7 Å². The van der Waals surface area contributed by atoms with Crippen LogP contribution < -0.4 is 10.1 Å². The lowest BCUT2D eigenvalue weighted by Gasteiger charge is -2.29. The fourth-order valence-electron chi connectivity index (χ4n) is 4.11. The van der Waals surface area contributed by atoms with Gasteiger partial charge in [-0.15, -0.1) is 0 Å². The number of alkyl carbamates (subject to hydrolysis) is 1. The summed E-state index contributed by atoms with van der Waals surface area (Å²) in [6, 6.07) is 18.3. The number of ether oxygens (including phenoxy) is 3. The topological polar surface area (TPSA) is 126 Å². The van der Waals surface area contributed by atoms with E-state index in [-0.39, 0.29) is 17.0 Å². The zero-order valence-corrected chi connectivity index (χ0v) is 23.7. The highest BCUT2D eigenvalue weighted by Gasteiger charge is 2.37. The fraction of sp³-hybridized carbons (Fsp3) is 0.276. The van der Waals surface area contributed by atoms with Crippen molar-refractivity contribution in [2.75, 3.05) is 7.11 Å². The molecule has 1 atom stereocenters. The second kappa shape index (κ2) is 11.0. The highest BCUT2D eigenvalue weighted by molar-refractivity contribution is 7.90. The van der Waals surface area contributed by atoms with Gasteiger partial charge in [-0.25, -0.2) is 27.0 Å². The van der Waals surface area contributed by atoms with E-state index >= 15 is 0 Å². The summed E-state index contributed by atoms with van der Waals surface area (Å²) in [6.07, 6.45) is 2.33. The predicted octanol–water partition coefficient (Wildman–Crippen LogP) is 5.06. The third-order valence-electron chi connectivity index (χ3n) is 5.94. The molecule has 2 aromatic carbocycles. The second-order valence-corrected chi connectivity index (χ2v) is 12.2. The summed E-state index contributed by atoms with van der Waals surface area (Å²) in [5.41, 5.74) is -1.13. The molecule has 4 aromatic rings. The standard InChI is InChI=1S/C29H31N3O7S/c1-28(2,3)39-27(34)31-29(4,26(33)37-5)19-20-11-13-21(14-12-20)38-24-15-17-30-25-23(24)16-18-32(25)40(35,36)22-9-7-6-8-10-22/h6-18H,19H2,1-5H3,(H,31,34). The maximum Gasteiger partial charge on any atom is 0.408 e. The summed E-state index contributed by atoms with van der Waals surface area (Å²) in [5, 5.41) is 3.14. The van der Waals surface area contributed by atoms with E-state index in [9.17, 15) is 18.0 Å². The van der Waals surface area contributed by atoms with Gasteiger partial charge in [-0.05, 0) is 69.7 Å². The quantitative estimate of drug-likeness (QED) is 0.294. The molecular formula is C29H31N3O7S. The molecule has 4 rings (SSSR count). The number of pyridine rings is 1. The largest absolute Gasteiger partial charge is 0.467 e. The number of carbonyl (C=O) groups excluding carboxylic acids is 2. The van der Waals surface area contributed by atoms with Crippen molar-refractivity contribution in [2.24, 2.45) is 0 Å². The summed E-state index contributed by atoms with van der Waals surface area (Å²) in [6.45, 7) is 6.76. The molecule has 0 saturated carbocycles. The first-order valence-corrected chi connectivity index (χ1v) is 13.9. The molecule has 0 bridgehead atoms. The van der Waals surface area contributed by atoms with Gasteiger partial charge < -0.3 is 19.5 Å². The van der Waals surface area contributed by atoms with E-state index in [4.69, 9.17) is 14.2 Å². The maximum atomic E-state index is 13.1. The monoisotopic (exact) mass is 565 g/mol. The number of carbonyl (C=O) groups is 2. The molecule has 10 nitrogen and oxygen atoms in total. The number of fused-ring (bicyclic) bond motifs is 1. The second-order valence-electron chi connectivity index (χ2n) is 10.3. The Morgan fingerprint density at radius 1 is 0.950 bits per heavy atom. The Morgan fingerprint density at radius 3 is 2.25 bits per heavy atom. The van der Waals surface area contributed by atoms with E-state index in [1.807, 2.05) is 0 Å². The van der Waals surface area contributed by atoms with Crippen LogP contribution in [0.2, 0.25) is 0 Å². The van der Waals surface area contributed by atoms with Crippen LogP contribution in [0.15, 0.2) is 84.0 Å². The van der Waals surface area contributed by atoms with Gasteiger partial charge in [0.2, 0.25) is 0 Å². The first-order chi connectivity index (χ1) is 18.8. The molecular weight excluding hydrogens is 534 g/mol. The van der Waals surface area contributed by atoms with E-state index in [1.54, 1.807) is 82.3 Å². The number of methoxy groups -OCH3 is 1. The Bertz CT molecular complexity index is 1630. The van der Waals surface area contributed by atoms with Gasteiger partial charge in [0, 0.05) is 18.8 Å². The first-order valence-electron chi connectivity index (χ1n) is 12.5. The molecule has 2 heterocycles. The number of hydrogen-bond donors (Lipinski definition) is 1. The molecule has 40 heavy (non-hydrogen) atoms. The van der Waals surface area contributed by atoms with E-state index < -0.39 is 33.2 Å². The number of nitrogens with zero attached hydrogens (tertiary/aromatic N) is 2. The van der Waals surface area contributed by atoms with Crippen molar-refractivity contribution in [3.8, 4) is 11.5 Å². The van der Waals surface area contributed by atoms with Crippen molar-refractivity contribution in [2.45, 2.75) is 50.2 Å². The smallest absolute Gasteiger partial charge is 0.408 e. The summed E-state index contributed by atoms with van der Waals surface area (Å²) in [4.78, 5) is 29.4. The van der Waals surface area contributed by atoms with Crippen LogP contribution in [0.1, 0.15) is 33.3 Å². The molecule has 1 unspecified atom stereocenters. The summed E-state index contributed by atoms with van der Waals surface area (Å²) < 4.78 is 43.7. The van der Waals surface area contributed by atoms with Gasteiger partial charge in [-0.3, -0.25) is 0 Å². The number of rotatable bonds is 8. The highest BCUT2D eigenvalue weighted by atomic mass is 32.2. The molecule has 0 saturated heterocycles. The predicted molar refractivity (Wildman–Crippen MR) is 149 cm³/mol. The van der Waals surface area contributed by atoms with Gasteiger partial charge in [0.15, 0.2) is 5.65 Å². The van der Waals surface area contributed by atoms with E-state index in [0.717, 1.165) is 9.54 Å². The molecule has 2 aromatic heterocycles. The number of nitrogens with one attached hydrogen (secondary N) is 1. The Balaban J connectivity index is 1.54. The van der Waals surface area contributed by atoms with Gasteiger partial charge in [0.05, 0.1) is 17.4 Å². The van der Waals surface area contributed by atoms with Crippen molar-refractivity contribution >= 4 is 33.1 Å². The summed E-state index contributed by atoms with van der Waals surface area (Å²) in [5.74, 6) is 0.286. The Kier molecular flexibility index (Phi) is 7.88. The minimum atomic E-state index is -3.84. The maximum absolute atomic E-state index is 13.1. The molecule has 11 heteroatoms. The van der Waals surface area contributed by atoms with Crippen LogP contribution in [-0.4, -0.2) is 47.7 Å². The van der Waals surface area contributed by atoms with Crippen molar-refractivity contribution in [3.63, 3.8) is 0 Å². The molecule has 0 aliphatic carbocycles. The van der Waals surface area contributed by atoms with Crippen LogP contribution in [0.4, 0.5) is 4.79 Å². The SMILES string of the molecule is COC(=O)C(C)(Cc1ccc(Oc2ccnc3c2ccn3S(=O)(=O)c2ccccc2)cc1)NC(=O)OC(C)(C)C. The van der Waals surface area contributed by atoms with Crippen molar-refractivity contribution in [1.29, 1.82) is 0 Å². The minimum Gasteiger partial charge on any atom is -0.467 e. The molecule has 210 valence electrons. The zero-order chi connectivity index (χ0) is 29.1. The average molecular weight is 566 g/mol. The fourth-order valence-corrected chi connectivity index (χ4v) is 5.43. The first kappa shape index (κ1) is 28.6. The Labute approximate surface area is 232 Å². The van der Waals surface area contributed by atoms with Crippen LogP contribution in [0.25, 0.3) is 11.0 Å². The molecule has 1 N–H and O–H groups in total. The van der Waals surface area contributed by atoms with Gasteiger partial charge in [0.25, 0.3) is 10.0 Å². The van der Waals surface area contributed by atoms with Crippen molar-refractivity contribution in [1.82, 2.24) is 14.3 Å². The molecule has 0 aliphatic heterocycles. The Morgan fingerprint density at radius 2 is 1.62 bits per heavy atom. The summed E-state index contributed by atoms with van der Waals surface area (Å²) in [7, 11) is -2.59. The normalized spacial score (nSPS) is 13.3. The number of esters is 1. The lowest BCUT2D eigenvalue weighted by molar-refractivity contribution is -0.147. The minimum absolute atomic E-state index is 0.138. The van der Waals surface area contributed by atoms with E-state index in [1.165, 1.54) is 31.6 Å². The van der Waals surface area contributed by atoms with E-state index in [0.29, 0.717) is 16.9 Å². The highest BCUT2D eigenvalue weighted by Crippen LogP contribution is 2.31. The molecule has 0 spiro atoms. The van der Waals surface area contributed by atoms with Gasteiger partial charge in [-0.1, -0.05) is 30.3 Å². The van der Waals surface area contributed by atoms with Gasteiger partial charge in [0.1, 0.15) is 22.6 Å². The number of aromatic nitrogens is 2. The summed E-state index contributed by atoms with van der Waals surface area (Å²) >= 11 is 0. The van der Waals surface area contributed by atoms with Crippen molar-refractivity contribution < 1.29 is 32.2 Å². The van der Waals surface area contributed by atoms with Gasteiger partial charge >= 0.3 is 12.1 Å². The van der Waals surface area contributed by atoms with Crippen LogP contribution in [0.3, 0.4) is 0 Å². The average Bonchev–Trinajstić information content (AvgIpc) is 3.35. The van der Waals surface area contributed by atoms with E-state index in [2.05, 4.69) is 10.3 Å². The van der Waals surface area contributed by atoms with Gasteiger partial charge in [-0.2, -0.15) is 0 Å². The number of benzene rings is 2.